The third-order valence-electron chi connectivity index (χ3n) is 4.22. The molecule has 0 bridgehead atoms. The van der Waals surface area contributed by atoms with Crippen molar-refractivity contribution in [2.24, 2.45) is 0 Å². The highest BCUT2D eigenvalue weighted by Gasteiger charge is 2.27. The van der Waals surface area contributed by atoms with E-state index in [2.05, 4.69) is 16.4 Å². The summed E-state index contributed by atoms with van der Waals surface area (Å²) in [5, 5.41) is 3.14. The zero-order valence-electron chi connectivity index (χ0n) is 13.0. The minimum Gasteiger partial charge on any atom is -0.469 e. The summed E-state index contributed by atoms with van der Waals surface area (Å²) in [5.41, 5.74) is 4.94. The number of hydrogen-bond acceptors (Lipinski definition) is 4. The zero-order valence-corrected chi connectivity index (χ0v) is 13.8. The smallest absolute Gasteiger partial charge is 0.261 e. The SMILES string of the molecule is Cc1nc(-c2ccc3c(c2)CCN3C(=O)c2ccoc2C)cs1. The van der Waals surface area contributed by atoms with Crippen molar-refractivity contribution in [2.45, 2.75) is 20.3 Å². The summed E-state index contributed by atoms with van der Waals surface area (Å²) in [6.07, 6.45) is 2.43. The number of aromatic nitrogens is 1. The summed E-state index contributed by atoms with van der Waals surface area (Å²) in [7, 11) is 0. The Morgan fingerprint density at radius 3 is 2.87 bits per heavy atom. The van der Waals surface area contributed by atoms with Crippen molar-refractivity contribution in [3.05, 3.63) is 57.8 Å². The van der Waals surface area contributed by atoms with E-state index in [1.165, 1.54) is 5.56 Å². The summed E-state index contributed by atoms with van der Waals surface area (Å²) >= 11 is 1.65. The second kappa shape index (κ2) is 5.35. The van der Waals surface area contributed by atoms with Gasteiger partial charge >= 0.3 is 0 Å². The fourth-order valence-corrected chi connectivity index (χ4v) is 3.64. The predicted molar refractivity (Wildman–Crippen MR) is 91.1 cm³/mol. The van der Waals surface area contributed by atoms with E-state index >= 15 is 0 Å². The molecule has 0 aliphatic carbocycles. The normalized spacial score (nSPS) is 13.4. The van der Waals surface area contributed by atoms with Gasteiger partial charge in [-0.1, -0.05) is 6.07 Å². The van der Waals surface area contributed by atoms with Crippen molar-refractivity contribution in [3.8, 4) is 11.3 Å². The Kier molecular flexibility index (Phi) is 3.31. The first-order valence-electron chi connectivity index (χ1n) is 7.55. The molecule has 1 aliphatic rings. The second-order valence-electron chi connectivity index (χ2n) is 5.69. The molecule has 0 saturated heterocycles. The second-order valence-corrected chi connectivity index (χ2v) is 6.75. The molecule has 1 amide bonds. The van der Waals surface area contributed by atoms with Crippen molar-refractivity contribution in [2.75, 3.05) is 11.4 Å². The number of anilines is 1. The Balaban J connectivity index is 1.68. The van der Waals surface area contributed by atoms with Gasteiger partial charge in [-0.3, -0.25) is 4.79 Å². The van der Waals surface area contributed by atoms with E-state index in [9.17, 15) is 4.79 Å². The molecule has 0 spiro atoms. The van der Waals surface area contributed by atoms with Crippen LogP contribution in [-0.4, -0.2) is 17.4 Å². The third-order valence-corrected chi connectivity index (χ3v) is 5.00. The lowest BCUT2D eigenvalue weighted by Gasteiger charge is -2.17. The van der Waals surface area contributed by atoms with E-state index in [-0.39, 0.29) is 5.91 Å². The zero-order chi connectivity index (χ0) is 16.0. The highest BCUT2D eigenvalue weighted by molar-refractivity contribution is 7.09. The van der Waals surface area contributed by atoms with Crippen LogP contribution in [-0.2, 0) is 6.42 Å². The molecule has 1 aliphatic heterocycles. The molecule has 0 atom stereocenters. The maximum atomic E-state index is 12.7. The fraction of sp³-hybridized carbons (Fsp3) is 0.222. The summed E-state index contributed by atoms with van der Waals surface area (Å²) in [5.74, 6) is 0.672. The average Bonchev–Trinajstić information content (AvgIpc) is 3.25. The number of fused-ring (bicyclic) bond motifs is 1. The number of carbonyl (C=O) groups excluding carboxylic acids is 1. The lowest BCUT2D eigenvalue weighted by molar-refractivity contribution is 0.0988. The summed E-state index contributed by atoms with van der Waals surface area (Å²) in [6.45, 7) is 4.53. The van der Waals surface area contributed by atoms with Crippen LogP contribution >= 0.6 is 11.3 Å². The molecule has 4 rings (SSSR count). The Bertz CT molecular complexity index is 894. The van der Waals surface area contributed by atoms with E-state index in [1.54, 1.807) is 23.7 Å². The lowest BCUT2D eigenvalue weighted by atomic mass is 10.1. The van der Waals surface area contributed by atoms with Gasteiger partial charge in [0, 0.05) is 23.2 Å². The minimum absolute atomic E-state index is 0.00672. The Hall–Kier alpha value is -2.40. The van der Waals surface area contributed by atoms with E-state index in [4.69, 9.17) is 4.42 Å². The number of nitrogens with zero attached hydrogens (tertiary/aromatic N) is 2. The standard InChI is InChI=1S/C18H16N2O2S/c1-11-15(6-8-22-11)18(21)20-7-5-14-9-13(3-4-17(14)20)16-10-23-12(2)19-16/h3-4,6,8-10H,5,7H2,1-2H3. The van der Waals surface area contributed by atoms with Crippen LogP contribution in [0.3, 0.4) is 0 Å². The quantitative estimate of drug-likeness (QED) is 0.709. The average molecular weight is 324 g/mol. The van der Waals surface area contributed by atoms with Crippen LogP contribution in [0.1, 0.15) is 26.7 Å². The minimum atomic E-state index is 0.00672. The number of thiazole rings is 1. The molecule has 23 heavy (non-hydrogen) atoms. The number of hydrogen-bond donors (Lipinski definition) is 0. The summed E-state index contributed by atoms with van der Waals surface area (Å²) in [4.78, 5) is 19.1. The topological polar surface area (TPSA) is 46.3 Å². The Morgan fingerprint density at radius 1 is 1.30 bits per heavy atom. The first kappa shape index (κ1) is 14.2. The molecule has 3 heterocycles. The van der Waals surface area contributed by atoms with E-state index in [0.717, 1.165) is 28.4 Å². The van der Waals surface area contributed by atoms with E-state index < -0.39 is 0 Å². The Labute approximate surface area is 138 Å². The lowest BCUT2D eigenvalue weighted by Crippen LogP contribution is -2.28. The number of benzene rings is 1. The van der Waals surface area contributed by atoms with Crippen LogP contribution in [0, 0.1) is 13.8 Å². The van der Waals surface area contributed by atoms with Crippen LogP contribution in [0.15, 0.2) is 40.3 Å². The molecular formula is C18H16N2O2S. The molecule has 5 heteroatoms. The van der Waals surface area contributed by atoms with Gasteiger partial charge in [-0.25, -0.2) is 4.98 Å². The van der Waals surface area contributed by atoms with Gasteiger partial charge in [0.15, 0.2) is 0 Å². The molecule has 116 valence electrons. The highest BCUT2D eigenvalue weighted by atomic mass is 32.1. The van der Waals surface area contributed by atoms with Gasteiger partial charge in [0.05, 0.1) is 22.5 Å². The monoisotopic (exact) mass is 324 g/mol. The molecule has 3 aromatic rings. The third kappa shape index (κ3) is 2.37. The van der Waals surface area contributed by atoms with Gasteiger partial charge in [-0.2, -0.15) is 0 Å². The molecule has 4 nitrogen and oxygen atoms in total. The molecular weight excluding hydrogens is 308 g/mol. The first-order chi connectivity index (χ1) is 11.1. The number of furan rings is 1. The van der Waals surface area contributed by atoms with Crippen LogP contribution in [0.25, 0.3) is 11.3 Å². The number of aryl methyl sites for hydroxylation is 2. The van der Waals surface area contributed by atoms with Gasteiger partial charge in [0.25, 0.3) is 5.91 Å². The molecule has 0 N–H and O–H groups in total. The summed E-state index contributed by atoms with van der Waals surface area (Å²) in [6, 6.07) is 7.96. The van der Waals surface area contributed by atoms with Gasteiger partial charge in [-0.05, 0) is 44.0 Å². The maximum Gasteiger partial charge on any atom is 0.261 e. The van der Waals surface area contributed by atoms with Gasteiger partial charge in [0.2, 0.25) is 0 Å². The van der Waals surface area contributed by atoms with E-state index in [0.29, 0.717) is 17.9 Å². The van der Waals surface area contributed by atoms with Crippen molar-refractivity contribution >= 4 is 22.9 Å². The largest absolute Gasteiger partial charge is 0.469 e. The molecule has 0 saturated carbocycles. The van der Waals surface area contributed by atoms with Gasteiger partial charge in [0.1, 0.15) is 5.76 Å². The van der Waals surface area contributed by atoms with E-state index in [1.807, 2.05) is 30.9 Å². The Morgan fingerprint density at radius 2 is 2.17 bits per heavy atom. The van der Waals surface area contributed by atoms with Gasteiger partial charge in [-0.15, -0.1) is 11.3 Å². The van der Waals surface area contributed by atoms with Crippen molar-refractivity contribution in [3.63, 3.8) is 0 Å². The number of rotatable bonds is 2. The van der Waals surface area contributed by atoms with Crippen LogP contribution in [0.4, 0.5) is 5.69 Å². The number of carbonyl (C=O) groups is 1. The predicted octanol–water partition coefficient (Wildman–Crippen LogP) is 4.22. The molecule has 2 aromatic heterocycles. The molecule has 0 unspecified atom stereocenters. The summed E-state index contributed by atoms with van der Waals surface area (Å²) < 4.78 is 5.26. The van der Waals surface area contributed by atoms with Crippen molar-refractivity contribution in [1.29, 1.82) is 0 Å². The van der Waals surface area contributed by atoms with Crippen LogP contribution < -0.4 is 4.90 Å². The molecule has 0 radical (unpaired) electrons. The van der Waals surface area contributed by atoms with Crippen LogP contribution in [0.5, 0.6) is 0 Å². The van der Waals surface area contributed by atoms with Gasteiger partial charge < -0.3 is 9.32 Å². The van der Waals surface area contributed by atoms with Crippen LogP contribution in [0.2, 0.25) is 0 Å². The maximum absolute atomic E-state index is 12.7. The molecule has 1 aromatic carbocycles. The highest BCUT2D eigenvalue weighted by Crippen LogP contribution is 2.33. The molecule has 0 fully saturated rings. The number of amides is 1. The van der Waals surface area contributed by atoms with Crippen molar-refractivity contribution in [1.82, 2.24) is 4.98 Å². The van der Waals surface area contributed by atoms with Crippen molar-refractivity contribution < 1.29 is 9.21 Å². The first-order valence-corrected chi connectivity index (χ1v) is 8.43. The fourth-order valence-electron chi connectivity index (χ4n) is 3.02.